The van der Waals surface area contributed by atoms with Crippen molar-refractivity contribution < 1.29 is 13.9 Å². The minimum absolute atomic E-state index is 0.211. The maximum absolute atomic E-state index is 13.3. The summed E-state index contributed by atoms with van der Waals surface area (Å²) in [7, 11) is 1.62. The van der Waals surface area contributed by atoms with E-state index in [9.17, 15) is 9.18 Å². The van der Waals surface area contributed by atoms with E-state index in [1.807, 2.05) is 31.2 Å². The Kier molecular flexibility index (Phi) is 4.86. The van der Waals surface area contributed by atoms with Crippen LogP contribution in [0.2, 0.25) is 0 Å². The Morgan fingerprint density at radius 1 is 1.18 bits per heavy atom. The van der Waals surface area contributed by atoms with Crippen molar-refractivity contribution in [2.45, 2.75) is 32.2 Å². The Bertz CT molecular complexity index is 1010. The third-order valence-electron chi connectivity index (χ3n) is 5.17. The van der Waals surface area contributed by atoms with Crippen molar-refractivity contribution in [3.05, 3.63) is 76.9 Å². The van der Waals surface area contributed by atoms with Gasteiger partial charge in [-0.1, -0.05) is 18.2 Å². The highest BCUT2D eigenvalue weighted by molar-refractivity contribution is 5.94. The summed E-state index contributed by atoms with van der Waals surface area (Å²) in [5.74, 6) is 0.228. The second-order valence-corrected chi connectivity index (χ2v) is 6.95. The molecular weight excluding hydrogens is 357 g/mol. The fourth-order valence-corrected chi connectivity index (χ4v) is 3.78. The molecule has 1 aliphatic carbocycles. The number of rotatable bonds is 5. The summed E-state index contributed by atoms with van der Waals surface area (Å²) in [4.78, 5) is 13.0. The first kappa shape index (κ1) is 18.2. The second-order valence-electron chi connectivity index (χ2n) is 6.95. The number of methoxy groups -OCH3 is 1. The lowest BCUT2D eigenvalue weighted by atomic mass is 10.1. The summed E-state index contributed by atoms with van der Waals surface area (Å²) >= 11 is 0. The van der Waals surface area contributed by atoms with E-state index >= 15 is 0 Å². The number of amides is 1. The molecule has 4 rings (SSSR count). The molecule has 1 amide bonds. The van der Waals surface area contributed by atoms with Gasteiger partial charge in [0.2, 0.25) is 0 Å². The molecule has 3 aromatic rings. The molecule has 2 aromatic carbocycles. The van der Waals surface area contributed by atoms with Gasteiger partial charge < -0.3 is 10.1 Å². The van der Waals surface area contributed by atoms with Crippen molar-refractivity contribution in [3.63, 3.8) is 0 Å². The first-order valence-electron chi connectivity index (χ1n) is 9.39. The molecule has 1 heterocycles. The number of carbonyl (C=O) groups excluding carboxylic acids is 1. The van der Waals surface area contributed by atoms with Crippen molar-refractivity contribution in [2.24, 2.45) is 0 Å². The quantitative estimate of drug-likeness (QED) is 0.729. The molecule has 1 N–H and O–H groups in total. The van der Waals surface area contributed by atoms with Gasteiger partial charge in [0, 0.05) is 16.8 Å². The number of nitrogens with one attached hydrogen (secondary N) is 1. The first-order valence-corrected chi connectivity index (χ1v) is 9.39. The van der Waals surface area contributed by atoms with Crippen LogP contribution in [-0.2, 0) is 12.8 Å². The average Bonchev–Trinajstić information content (AvgIpc) is 3.31. The van der Waals surface area contributed by atoms with E-state index in [1.54, 1.807) is 23.9 Å². The van der Waals surface area contributed by atoms with Gasteiger partial charge in [0.1, 0.15) is 11.6 Å². The number of para-hydroxylation sites is 1. The van der Waals surface area contributed by atoms with Gasteiger partial charge in [0.15, 0.2) is 5.69 Å². The molecule has 0 radical (unpaired) electrons. The van der Waals surface area contributed by atoms with Crippen LogP contribution in [-0.4, -0.2) is 22.8 Å². The van der Waals surface area contributed by atoms with Gasteiger partial charge in [-0.05, 0) is 56.5 Å². The van der Waals surface area contributed by atoms with Crippen LogP contribution in [0.15, 0.2) is 48.5 Å². The molecule has 1 atom stereocenters. The van der Waals surface area contributed by atoms with Gasteiger partial charge in [0.05, 0.1) is 18.8 Å². The Hall–Kier alpha value is -3.15. The SMILES string of the molecule is COc1ccccc1[C@H](C)NC(=O)c1nn(-c2ccc(F)cc2)c2c1CCC2. The van der Waals surface area contributed by atoms with E-state index in [2.05, 4.69) is 10.4 Å². The van der Waals surface area contributed by atoms with Crippen LogP contribution >= 0.6 is 0 Å². The van der Waals surface area contributed by atoms with Gasteiger partial charge in [0.25, 0.3) is 5.91 Å². The Balaban J connectivity index is 1.63. The van der Waals surface area contributed by atoms with Gasteiger partial charge in [-0.2, -0.15) is 5.10 Å². The number of fused-ring (bicyclic) bond motifs is 1. The van der Waals surface area contributed by atoms with Crippen LogP contribution in [0, 0.1) is 5.82 Å². The molecule has 0 spiro atoms. The molecule has 0 saturated carbocycles. The molecular formula is C22H22FN3O2. The molecule has 0 aliphatic heterocycles. The number of aromatic nitrogens is 2. The van der Waals surface area contributed by atoms with Crippen LogP contribution in [0.4, 0.5) is 4.39 Å². The van der Waals surface area contributed by atoms with Gasteiger partial charge in [-0.15, -0.1) is 0 Å². The Morgan fingerprint density at radius 2 is 1.93 bits per heavy atom. The zero-order valence-corrected chi connectivity index (χ0v) is 15.9. The minimum atomic E-state index is -0.295. The zero-order chi connectivity index (χ0) is 19.7. The average molecular weight is 379 g/mol. The zero-order valence-electron chi connectivity index (χ0n) is 15.9. The fourth-order valence-electron chi connectivity index (χ4n) is 3.78. The van der Waals surface area contributed by atoms with Crippen molar-refractivity contribution in [2.75, 3.05) is 7.11 Å². The molecule has 0 bridgehead atoms. The molecule has 1 aromatic heterocycles. The largest absolute Gasteiger partial charge is 0.496 e. The highest BCUT2D eigenvalue weighted by Gasteiger charge is 2.28. The first-order chi connectivity index (χ1) is 13.6. The molecule has 144 valence electrons. The maximum Gasteiger partial charge on any atom is 0.272 e. The van der Waals surface area contributed by atoms with E-state index in [0.29, 0.717) is 5.69 Å². The number of carbonyl (C=O) groups is 1. The lowest BCUT2D eigenvalue weighted by Crippen LogP contribution is -2.28. The summed E-state index contributed by atoms with van der Waals surface area (Å²) in [6.07, 6.45) is 2.66. The number of benzene rings is 2. The molecule has 5 nitrogen and oxygen atoms in total. The van der Waals surface area contributed by atoms with Crippen LogP contribution in [0.3, 0.4) is 0 Å². The van der Waals surface area contributed by atoms with Crippen molar-refractivity contribution >= 4 is 5.91 Å². The van der Waals surface area contributed by atoms with Crippen molar-refractivity contribution in [1.82, 2.24) is 15.1 Å². The normalized spacial score (nSPS) is 13.8. The molecule has 0 unspecified atom stereocenters. The standard InChI is InChI=1S/C22H22FN3O2/c1-14(17-6-3-4-9-20(17)28-2)24-22(27)21-18-7-5-8-19(18)26(25-21)16-12-10-15(23)11-13-16/h3-4,6,9-14H,5,7-8H2,1-2H3,(H,24,27)/t14-/m0/s1. The van der Waals surface area contributed by atoms with E-state index in [4.69, 9.17) is 4.74 Å². The van der Waals surface area contributed by atoms with E-state index in [1.165, 1.54) is 12.1 Å². The van der Waals surface area contributed by atoms with Gasteiger partial charge in [-0.3, -0.25) is 4.79 Å². The molecule has 1 aliphatic rings. The molecule has 0 saturated heterocycles. The molecule has 28 heavy (non-hydrogen) atoms. The minimum Gasteiger partial charge on any atom is -0.496 e. The summed E-state index contributed by atoms with van der Waals surface area (Å²) in [6.45, 7) is 1.92. The Morgan fingerprint density at radius 3 is 2.68 bits per heavy atom. The van der Waals surface area contributed by atoms with Crippen LogP contribution < -0.4 is 10.1 Å². The number of hydrogen-bond donors (Lipinski definition) is 1. The van der Waals surface area contributed by atoms with Crippen LogP contribution in [0.5, 0.6) is 5.75 Å². The monoisotopic (exact) mass is 379 g/mol. The fraction of sp³-hybridized carbons (Fsp3) is 0.273. The van der Waals surface area contributed by atoms with Gasteiger partial charge >= 0.3 is 0 Å². The van der Waals surface area contributed by atoms with Crippen molar-refractivity contribution in [1.29, 1.82) is 0 Å². The topological polar surface area (TPSA) is 56.1 Å². The van der Waals surface area contributed by atoms with E-state index in [0.717, 1.165) is 47.5 Å². The number of halogens is 1. The van der Waals surface area contributed by atoms with E-state index in [-0.39, 0.29) is 17.8 Å². The van der Waals surface area contributed by atoms with Crippen LogP contribution in [0.1, 0.15) is 46.7 Å². The Labute approximate surface area is 163 Å². The van der Waals surface area contributed by atoms with Gasteiger partial charge in [-0.25, -0.2) is 9.07 Å². The summed E-state index contributed by atoms with van der Waals surface area (Å²) in [5.41, 5.74) is 4.12. The lowest BCUT2D eigenvalue weighted by molar-refractivity contribution is 0.0933. The summed E-state index contributed by atoms with van der Waals surface area (Å²) < 4.78 is 20.4. The second kappa shape index (κ2) is 7.46. The van der Waals surface area contributed by atoms with Crippen LogP contribution in [0.25, 0.3) is 5.69 Å². The third kappa shape index (κ3) is 3.26. The third-order valence-corrected chi connectivity index (χ3v) is 5.17. The highest BCUT2D eigenvalue weighted by Crippen LogP contribution is 2.29. The number of ether oxygens (including phenoxy) is 1. The molecule has 0 fully saturated rings. The lowest BCUT2D eigenvalue weighted by Gasteiger charge is -2.17. The van der Waals surface area contributed by atoms with E-state index < -0.39 is 0 Å². The smallest absolute Gasteiger partial charge is 0.272 e. The predicted molar refractivity (Wildman–Crippen MR) is 104 cm³/mol. The summed E-state index contributed by atoms with van der Waals surface area (Å²) in [6, 6.07) is 13.6. The van der Waals surface area contributed by atoms with Crippen molar-refractivity contribution in [3.8, 4) is 11.4 Å². The molecule has 6 heteroatoms. The predicted octanol–water partition coefficient (Wildman–Crippen LogP) is 4.00. The number of nitrogens with zero attached hydrogens (tertiary/aromatic N) is 2. The number of hydrogen-bond acceptors (Lipinski definition) is 3. The summed E-state index contributed by atoms with van der Waals surface area (Å²) in [5, 5.41) is 7.61. The maximum atomic E-state index is 13.3. The highest BCUT2D eigenvalue weighted by atomic mass is 19.1.